The summed E-state index contributed by atoms with van der Waals surface area (Å²) in [6.07, 6.45) is 4.72. The van der Waals surface area contributed by atoms with E-state index in [9.17, 15) is 8.42 Å². The third kappa shape index (κ3) is 3.94. The average molecular weight is 386 g/mol. The molecule has 1 aliphatic heterocycles. The van der Waals surface area contributed by atoms with E-state index in [0.717, 1.165) is 30.4 Å². The third-order valence-electron chi connectivity index (χ3n) is 5.01. The maximum absolute atomic E-state index is 13.6. The highest BCUT2D eigenvalue weighted by molar-refractivity contribution is 7.89. The van der Waals surface area contributed by atoms with Gasteiger partial charge < -0.3 is 4.74 Å². The molecule has 0 fully saturated rings. The SMILES string of the molecule is CCCC[C@H]1C=C(OC)[C@@H](c2ccccc2)N1S(=O)(=O)c1ccc(C)cc1. The molecule has 0 aromatic heterocycles. The first-order valence-corrected chi connectivity index (χ1v) is 10.8. The molecule has 0 spiro atoms. The van der Waals surface area contributed by atoms with E-state index in [-0.39, 0.29) is 6.04 Å². The van der Waals surface area contributed by atoms with Crippen molar-refractivity contribution in [2.45, 2.75) is 50.1 Å². The number of methoxy groups -OCH3 is 1. The molecule has 1 aliphatic rings. The van der Waals surface area contributed by atoms with Gasteiger partial charge in [0, 0.05) is 6.04 Å². The zero-order valence-corrected chi connectivity index (χ0v) is 16.9. The molecule has 0 amide bonds. The monoisotopic (exact) mass is 385 g/mol. The van der Waals surface area contributed by atoms with Crippen LogP contribution < -0.4 is 0 Å². The molecule has 0 unspecified atom stereocenters. The fraction of sp³-hybridized carbons (Fsp3) is 0.364. The second kappa shape index (κ2) is 8.28. The van der Waals surface area contributed by atoms with Crippen molar-refractivity contribution < 1.29 is 13.2 Å². The Bertz CT molecular complexity index is 889. The molecule has 5 heteroatoms. The van der Waals surface area contributed by atoms with E-state index >= 15 is 0 Å². The Morgan fingerprint density at radius 2 is 1.70 bits per heavy atom. The van der Waals surface area contributed by atoms with E-state index in [1.54, 1.807) is 23.5 Å². The topological polar surface area (TPSA) is 46.6 Å². The predicted octanol–water partition coefficient (Wildman–Crippen LogP) is 4.83. The summed E-state index contributed by atoms with van der Waals surface area (Å²) in [7, 11) is -2.06. The van der Waals surface area contributed by atoms with Crippen molar-refractivity contribution in [2.24, 2.45) is 0 Å². The van der Waals surface area contributed by atoms with E-state index in [1.165, 1.54) is 0 Å². The lowest BCUT2D eigenvalue weighted by molar-refractivity contribution is 0.225. The molecular formula is C22H27NO3S. The molecule has 0 saturated carbocycles. The Morgan fingerprint density at radius 1 is 1.04 bits per heavy atom. The second-order valence-corrected chi connectivity index (χ2v) is 8.79. The van der Waals surface area contributed by atoms with Gasteiger partial charge >= 0.3 is 0 Å². The first-order chi connectivity index (χ1) is 13.0. The van der Waals surface area contributed by atoms with Crippen LogP contribution in [-0.4, -0.2) is 25.9 Å². The van der Waals surface area contributed by atoms with Crippen LogP contribution >= 0.6 is 0 Å². The number of unbranched alkanes of at least 4 members (excludes halogenated alkanes) is 1. The highest BCUT2D eigenvalue weighted by Crippen LogP contribution is 2.42. The van der Waals surface area contributed by atoms with Gasteiger partial charge in [-0.05, 0) is 37.1 Å². The first kappa shape index (κ1) is 19.6. The van der Waals surface area contributed by atoms with E-state index in [2.05, 4.69) is 6.92 Å². The Balaban J connectivity index is 2.09. The van der Waals surface area contributed by atoms with Crippen molar-refractivity contribution in [3.05, 3.63) is 77.6 Å². The summed E-state index contributed by atoms with van der Waals surface area (Å²) in [5.41, 5.74) is 1.95. The van der Waals surface area contributed by atoms with Gasteiger partial charge in [-0.2, -0.15) is 4.31 Å². The van der Waals surface area contributed by atoms with E-state index in [1.807, 2.05) is 55.5 Å². The van der Waals surface area contributed by atoms with Crippen LogP contribution in [0.15, 0.2) is 71.3 Å². The van der Waals surface area contributed by atoms with Crippen LogP contribution in [-0.2, 0) is 14.8 Å². The molecule has 2 aromatic carbocycles. The van der Waals surface area contributed by atoms with E-state index in [0.29, 0.717) is 10.7 Å². The highest BCUT2D eigenvalue weighted by atomic mass is 32.2. The summed E-state index contributed by atoms with van der Waals surface area (Å²) in [5, 5.41) is 0. The molecule has 27 heavy (non-hydrogen) atoms. The molecule has 1 heterocycles. The number of rotatable bonds is 7. The molecule has 0 N–H and O–H groups in total. The lowest BCUT2D eigenvalue weighted by Gasteiger charge is -2.30. The number of aryl methyl sites for hydroxylation is 1. The van der Waals surface area contributed by atoms with Crippen LogP contribution in [0.4, 0.5) is 0 Å². The Kier molecular flexibility index (Phi) is 6.02. The average Bonchev–Trinajstić information content (AvgIpc) is 3.07. The van der Waals surface area contributed by atoms with Gasteiger partial charge in [0.2, 0.25) is 10.0 Å². The van der Waals surface area contributed by atoms with E-state index in [4.69, 9.17) is 4.74 Å². The standard InChI is InChI=1S/C22H27NO3S/c1-4-5-11-19-16-21(26-3)22(18-9-7-6-8-10-18)23(19)27(24,25)20-14-12-17(2)13-15-20/h6-10,12-16,19,22H,4-5,11H2,1-3H3/t19-,22+/m0/s1. The van der Waals surface area contributed by atoms with Crippen LogP contribution in [0.2, 0.25) is 0 Å². The Morgan fingerprint density at radius 3 is 2.30 bits per heavy atom. The first-order valence-electron chi connectivity index (χ1n) is 9.40. The van der Waals surface area contributed by atoms with Gasteiger partial charge in [0.25, 0.3) is 0 Å². The molecular weight excluding hydrogens is 358 g/mol. The zero-order valence-electron chi connectivity index (χ0n) is 16.1. The molecule has 0 aliphatic carbocycles. The summed E-state index contributed by atoms with van der Waals surface area (Å²) < 4.78 is 34.5. The number of benzene rings is 2. The van der Waals surface area contributed by atoms with E-state index < -0.39 is 16.1 Å². The summed E-state index contributed by atoms with van der Waals surface area (Å²) in [6, 6.07) is 16.1. The van der Waals surface area contributed by atoms with Crippen molar-refractivity contribution in [1.29, 1.82) is 0 Å². The van der Waals surface area contributed by atoms with Gasteiger partial charge in [-0.3, -0.25) is 0 Å². The third-order valence-corrected chi connectivity index (χ3v) is 6.91. The van der Waals surface area contributed by atoms with Crippen LogP contribution in [0.25, 0.3) is 0 Å². The van der Waals surface area contributed by atoms with Crippen LogP contribution in [0, 0.1) is 6.92 Å². The molecule has 3 rings (SSSR count). The summed E-state index contributed by atoms with van der Waals surface area (Å²) in [4.78, 5) is 0.321. The molecule has 4 nitrogen and oxygen atoms in total. The number of nitrogens with zero attached hydrogens (tertiary/aromatic N) is 1. The largest absolute Gasteiger partial charge is 0.499 e. The molecule has 2 atom stereocenters. The molecule has 2 aromatic rings. The molecule has 144 valence electrons. The molecule has 0 saturated heterocycles. The van der Waals surface area contributed by atoms with Gasteiger partial charge in [-0.25, -0.2) is 8.42 Å². The maximum atomic E-state index is 13.6. The fourth-order valence-electron chi connectivity index (χ4n) is 3.57. The molecule has 0 bridgehead atoms. The maximum Gasteiger partial charge on any atom is 0.244 e. The smallest absolute Gasteiger partial charge is 0.244 e. The summed E-state index contributed by atoms with van der Waals surface area (Å²) >= 11 is 0. The zero-order chi connectivity index (χ0) is 19.4. The van der Waals surface area contributed by atoms with Crippen LogP contribution in [0.3, 0.4) is 0 Å². The summed E-state index contributed by atoms with van der Waals surface area (Å²) in [5.74, 6) is 0.693. The number of sulfonamides is 1. The normalized spacial score (nSPS) is 20.5. The number of hydrogen-bond acceptors (Lipinski definition) is 3. The van der Waals surface area contributed by atoms with Gasteiger partial charge in [0.05, 0.1) is 12.0 Å². The van der Waals surface area contributed by atoms with Crippen LogP contribution in [0.5, 0.6) is 0 Å². The quantitative estimate of drug-likeness (QED) is 0.686. The van der Waals surface area contributed by atoms with Gasteiger partial charge in [-0.15, -0.1) is 0 Å². The van der Waals surface area contributed by atoms with Gasteiger partial charge in [0.15, 0.2) is 0 Å². The number of hydrogen-bond donors (Lipinski definition) is 0. The highest BCUT2D eigenvalue weighted by Gasteiger charge is 2.44. The minimum Gasteiger partial charge on any atom is -0.499 e. The lowest BCUT2D eigenvalue weighted by Crippen LogP contribution is -2.38. The lowest BCUT2D eigenvalue weighted by atomic mass is 10.1. The summed E-state index contributed by atoms with van der Waals surface area (Å²) in [6.45, 7) is 4.07. The minimum atomic E-state index is -3.67. The van der Waals surface area contributed by atoms with Gasteiger partial charge in [0.1, 0.15) is 11.8 Å². The van der Waals surface area contributed by atoms with Crippen molar-refractivity contribution in [3.63, 3.8) is 0 Å². The fourth-order valence-corrected chi connectivity index (χ4v) is 5.32. The predicted molar refractivity (Wildman–Crippen MR) is 108 cm³/mol. The number of ether oxygens (including phenoxy) is 1. The van der Waals surface area contributed by atoms with Crippen molar-refractivity contribution in [1.82, 2.24) is 4.31 Å². The van der Waals surface area contributed by atoms with Crippen molar-refractivity contribution >= 4 is 10.0 Å². The van der Waals surface area contributed by atoms with Crippen LogP contribution in [0.1, 0.15) is 43.4 Å². The Labute approximate surface area is 162 Å². The van der Waals surface area contributed by atoms with Gasteiger partial charge in [-0.1, -0.05) is 67.8 Å². The minimum absolute atomic E-state index is 0.212. The van der Waals surface area contributed by atoms with Crippen molar-refractivity contribution in [3.8, 4) is 0 Å². The van der Waals surface area contributed by atoms with Crippen molar-refractivity contribution in [2.75, 3.05) is 7.11 Å². The Hall–Kier alpha value is -2.11. The molecule has 0 radical (unpaired) electrons. The second-order valence-electron chi connectivity index (χ2n) is 6.94.